The highest BCUT2D eigenvalue weighted by molar-refractivity contribution is 5.93. The average Bonchev–Trinajstić information content (AvgIpc) is 2.79. The van der Waals surface area contributed by atoms with E-state index in [2.05, 4.69) is 34.9 Å². The molecule has 1 fully saturated rings. The lowest BCUT2D eigenvalue weighted by Gasteiger charge is -2.39. The first-order valence-electron chi connectivity index (χ1n) is 10.2. The first-order chi connectivity index (χ1) is 14.2. The summed E-state index contributed by atoms with van der Waals surface area (Å²) in [6.07, 6.45) is 7.52. The summed E-state index contributed by atoms with van der Waals surface area (Å²) in [5.41, 5.74) is 4.03. The summed E-state index contributed by atoms with van der Waals surface area (Å²) >= 11 is 0. The lowest BCUT2D eigenvalue weighted by molar-refractivity contribution is -0.108. The normalized spacial score (nSPS) is 16.6. The second-order valence-electron chi connectivity index (χ2n) is 7.63. The van der Waals surface area contributed by atoms with Gasteiger partial charge in [-0.1, -0.05) is 49.6 Å². The molecule has 1 aliphatic carbocycles. The van der Waals surface area contributed by atoms with Crippen LogP contribution in [0, 0.1) is 0 Å². The molecular formula is C23H29N3O3. The Morgan fingerprint density at radius 3 is 2.34 bits per heavy atom. The maximum atomic E-state index is 11.6. The van der Waals surface area contributed by atoms with Crippen molar-refractivity contribution < 1.29 is 14.8 Å². The number of carbonyl (C=O) groups is 2. The first-order valence-corrected chi connectivity index (χ1v) is 10.2. The largest absolute Gasteiger partial charge is 0.375 e. The molecule has 0 bridgehead atoms. The minimum atomic E-state index is -0.564. The van der Waals surface area contributed by atoms with Gasteiger partial charge in [0.15, 0.2) is 0 Å². The van der Waals surface area contributed by atoms with E-state index in [1.54, 1.807) is 29.7 Å². The summed E-state index contributed by atoms with van der Waals surface area (Å²) in [4.78, 5) is 23.0. The van der Waals surface area contributed by atoms with Gasteiger partial charge in [0.25, 0.3) is 5.91 Å². The Hall–Kier alpha value is -2.70. The molecule has 0 aliphatic heterocycles. The lowest BCUT2D eigenvalue weighted by atomic mass is 9.76. The van der Waals surface area contributed by atoms with Gasteiger partial charge in [-0.2, -0.15) is 0 Å². The fourth-order valence-corrected chi connectivity index (χ4v) is 4.12. The topological polar surface area (TPSA) is 90.5 Å². The van der Waals surface area contributed by atoms with Crippen molar-refractivity contribution in [2.75, 3.05) is 11.9 Å². The zero-order chi connectivity index (χ0) is 20.5. The van der Waals surface area contributed by atoms with E-state index in [1.165, 1.54) is 24.8 Å². The average molecular weight is 396 g/mol. The van der Waals surface area contributed by atoms with E-state index < -0.39 is 5.91 Å². The molecule has 1 saturated carbocycles. The molecule has 0 heterocycles. The van der Waals surface area contributed by atoms with Crippen molar-refractivity contribution in [3.63, 3.8) is 0 Å². The van der Waals surface area contributed by atoms with E-state index in [0.717, 1.165) is 31.4 Å². The Labute approximate surface area is 171 Å². The van der Waals surface area contributed by atoms with Crippen LogP contribution in [-0.4, -0.2) is 30.0 Å². The van der Waals surface area contributed by atoms with Gasteiger partial charge in [-0.05, 0) is 55.6 Å². The Bertz CT molecular complexity index is 787. The number of carbonyl (C=O) groups excluding carboxylic acids is 2. The molecular weight excluding hydrogens is 366 g/mol. The van der Waals surface area contributed by atoms with Gasteiger partial charge in [0.2, 0.25) is 0 Å². The Balaban J connectivity index is 1.58. The molecule has 1 aliphatic rings. The van der Waals surface area contributed by atoms with Crippen molar-refractivity contribution in [3.8, 4) is 0 Å². The number of hydrogen-bond donors (Lipinski definition) is 4. The van der Waals surface area contributed by atoms with Gasteiger partial charge < -0.3 is 15.4 Å². The number of benzene rings is 2. The Morgan fingerprint density at radius 1 is 1.03 bits per heavy atom. The quantitative estimate of drug-likeness (QED) is 0.296. The fourth-order valence-electron chi connectivity index (χ4n) is 4.12. The summed E-state index contributed by atoms with van der Waals surface area (Å²) in [7, 11) is 0. The molecule has 6 nitrogen and oxygen atoms in total. The second kappa shape index (κ2) is 10.2. The van der Waals surface area contributed by atoms with Crippen LogP contribution in [0.1, 0.15) is 54.4 Å². The van der Waals surface area contributed by atoms with Crippen molar-refractivity contribution in [1.29, 1.82) is 0 Å². The van der Waals surface area contributed by atoms with E-state index in [4.69, 9.17) is 5.21 Å². The third kappa shape index (κ3) is 5.43. The van der Waals surface area contributed by atoms with Crippen molar-refractivity contribution >= 4 is 17.9 Å². The van der Waals surface area contributed by atoms with Crippen LogP contribution in [0.3, 0.4) is 0 Å². The number of hydrogen-bond acceptors (Lipinski definition) is 5. The molecule has 1 atom stereocenters. The third-order valence-corrected chi connectivity index (χ3v) is 5.72. The van der Waals surface area contributed by atoms with Gasteiger partial charge >= 0.3 is 0 Å². The van der Waals surface area contributed by atoms with Crippen molar-refractivity contribution in [2.45, 2.75) is 50.1 Å². The predicted octanol–water partition coefficient (Wildman–Crippen LogP) is 3.62. The summed E-state index contributed by atoms with van der Waals surface area (Å²) in [5.74, 6) is -0.564. The van der Waals surface area contributed by atoms with E-state index in [1.807, 2.05) is 6.07 Å². The van der Waals surface area contributed by atoms with Crippen LogP contribution < -0.4 is 16.1 Å². The van der Waals surface area contributed by atoms with Crippen LogP contribution in [0.5, 0.6) is 0 Å². The molecule has 1 unspecified atom stereocenters. The maximum absolute atomic E-state index is 11.6. The van der Waals surface area contributed by atoms with Crippen LogP contribution in [0.25, 0.3) is 0 Å². The molecule has 2 aromatic carbocycles. The second-order valence-corrected chi connectivity index (χ2v) is 7.63. The van der Waals surface area contributed by atoms with Crippen LogP contribution in [0.2, 0.25) is 0 Å². The van der Waals surface area contributed by atoms with Gasteiger partial charge in [-0.15, -0.1) is 0 Å². The van der Waals surface area contributed by atoms with Crippen molar-refractivity contribution in [1.82, 2.24) is 10.8 Å². The van der Waals surface area contributed by atoms with Crippen molar-refractivity contribution in [2.24, 2.45) is 0 Å². The lowest BCUT2D eigenvalue weighted by Crippen LogP contribution is -2.45. The molecule has 0 radical (unpaired) electrons. The number of anilines is 1. The summed E-state index contributed by atoms with van der Waals surface area (Å²) in [5, 5.41) is 15.6. The first kappa shape index (κ1) is 21.0. The number of amides is 1. The molecule has 0 spiro atoms. The van der Waals surface area contributed by atoms with Gasteiger partial charge in [-0.3, -0.25) is 10.0 Å². The highest BCUT2D eigenvalue weighted by Crippen LogP contribution is 2.37. The SMILES string of the molecule is O=CC(CCNC1(c2ccccc2)CCCCC1)Nc1ccc(C(=O)NO)cc1. The maximum Gasteiger partial charge on any atom is 0.274 e. The standard InChI is InChI=1S/C23H29N3O3/c27-17-21(25-20-11-9-18(10-12-20)22(28)26-29)13-16-24-23(14-5-2-6-15-23)19-7-3-1-4-8-19/h1,3-4,7-12,17,21,24-25,29H,2,5-6,13-16H2,(H,26,28). The molecule has 4 N–H and O–H groups in total. The Kier molecular flexibility index (Phi) is 7.38. The minimum absolute atomic E-state index is 0.00769. The van der Waals surface area contributed by atoms with Crippen LogP contribution in [-0.2, 0) is 10.3 Å². The van der Waals surface area contributed by atoms with E-state index in [0.29, 0.717) is 12.0 Å². The number of rotatable bonds is 9. The smallest absolute Gasteiger partial charge is 0.274 e. The third-order valence-electron chi connectivity index (χ3n) is 5.72. The van der Waals surface area contributed by atoms with Gasteiger partial charge in [0.05, 0.1) is 6.04 Å². The molecule has 0 aromatic heterocycles. The van der Waals surface area contributed by atoms with Gasteiger partial charge in [0.1, 0.15) is 6.29 Å². The Morgan fingerprint density at radius 2 is 1.72 bits per heavy atom. The molecule has 6 heteroatoms. The monoisotopic (exact) mass is 395 g/mol. The van der Waals surface area contributed by atoms with Crippen LogP contribution in [0.4, 0.5) is 5.69 Å². The van der Waals surface area contributed by atoms with E-state index >= 15 is 0 Å². The summed E-state index contributed by atoms with van der Waals surface area (Å²) < 4.78 is 0. The predicted molar refractivity (Wildman–Crippen MR) is 113 cm³/mol. The van der Waals surface area contributed by atoms with Crippen LogP contribution in [0.15, 0.2) is 54.6 Å². The minimum Gasteiger partial charge on any atom is -0.375 e. The molecule has 0 saturated heterocycles. The summed E-state index contributed by atoms with van der Waals surface area (Å²) in [6.45, 7) is 0.732. The number of nitrogens with one attached hydrogen (secondary N) is 3. The fraction of sp³-hybridized carbons (Fsp3) is 0.391. The zero-order valence-corrected chi connectivity index (χ0v) is 16.6. The molecule has 3 rings (SSSR count). The highest BCUT2D eigenvalue weighted by Gasteiger charge is 2.33. The van der Waals surface area contributed by atoms with E-state index in [-0.39, 0.29) is 11.6 Å². The van der Waals surface area contributed by atoms with Gasteiger partial charge in [0, 0.05) is 16.8 Å². The molecule has 1 amide bonds. The molecule has 29 heavy (non-hydrogen) atoms. The number of aldehydes is 1. The number of hydroxylamine groups is 1. The highest BCUT2D eigenvalue weighted by atomic mass is 16.5. The van der Waals surface area contributed by atoms with Gasteiger partial charge in [-0.25, -0.2) is 5.48 Å². The summed E-state index contributed by atoms with van der Waals surface area (Å²) in [6, 6.07) is 16.9. The molecule has 2 aromatic rings. The van der Waals surface area contributed by atoms with Crippen molar-refractivity contribution in [3.05, 3.63) is 65.7 Å². The van der Waals surface area contributed by atoms with E-state index in [9.17, 15) is 9.59 Å². The zero-order valence-electron chi connectivity index (χ0n) is 16.6. The molecule has 154 valence electrons. The van der Waals surface area contributed by atoms with Crippen LogP contribution >= 0.6 is 0 Å².